The number of hydrogen-bond donors (Lipinski definition) is 0. The van der Waals surface area contributed by atoms with Crippen LogP contribution in [0.25, 0.3) is 10.8 Å². The average molecular weight is 326 g/mol. The Morgan fingerprint density at radius 2 is 1.71 bits per heavy atom. The predicted molar refractivity (Wildman–Crippen MR) is 96.1 cm³/mol. The molecule has 5 nitrogen and oxygen atoms in total. The highest BCUT2D eigenvalue weighted by Crippen LogP contribution is 2.24. The molecule has 2 aliphatic rings. The van der Waals surface area contributed by atoms with Gasteiger partial charge in [0.2, 0.25) is 0 Å². The zero-order valence-electron chi connectivity index (χ0n) is 14.4. The molecular formula is C19H26N4O. The Bertz CT molecular complexity index is 771. The summed E-state index contributed by atoms with van der Waals surface area (Å²) in [5.74, 6) is 0. The van der Waals surface area contributed by atoms with E-state index in [2.05, 4.69) is 14.9 Å². The summed E-state index contributed by atoms with van der Waals surface area (Å²) in [4.78, 5) is 17.7. The Balaban J connectivity index is 1.47. The predicted octanol–water partition coefficient (Wildman–Crippen LogP) is 2.22. The second-order valence-corrected chi connectivity index (χ2v) is 7.17. The van der Waals surface area contributed by atoms with Gasteiger partial charge in [-0.05, 0) is 25.8 Å². The molecule has 0 spiro atoms. The summed E-state index contributed by atoms with van der Waals surface area (Å²) in [6, 6.07) is 8.57. The monoisotopic (exact) mass is 326 g/mol. The molecule has 2 aromatic rings. The molecule has 0 N–H and O–H groups in total. The molecule has 2 heterocycles. The highest BCUT2D eigenvalue weighted by Gasteiger charge is 2.26. The maximum Gasteiger partial charge on any atom is 0.275 e. The molecule has 128 valence electrons. The van der Waals surface area contributed by atoms with Crippen molar-refractivity contribution in [3.63, 3.8) is 0 Å². The van der Waals surface area contributed by atoms with Crippen LogP contribution in [0, 0.1) is 6.92 Å². The number of fused-ring (bicyclic) bond motifs is 1. The SMILES string of the molecule is Cc1nn(CN2CCN(C3CCCC3)CC2)c(=O)c2ccccc12. The van der Waals surface area contributed by atoms with Gasteiger partial charge in [-0.2, -0.15) is 5.10 Å². The lowest BCUT2D eigenvalue weighted by Crippen LogP contribution is -2.50. The molecule has 1 saturated heterocycles. The smallest absolute Gasteiger partial charge is 0.275 e. The number of piperazine rings is 1. The zero-order valence-corrected chi connectivity index (χ0v) is 14.4. The van der Waals surface area contributed by atoms with Crippen molar-refractivity contribution in [3.8, 4) is 0 Å². The summed E-state index contributed by atoms with van der Waals surface area (Å²) < 4.78 is 1.64. The van der Waals surface area contributed by atoms with E-state index in [-0.39, 0.29) is 5.56 Å². The minimum Gasteiger partial charge on any atom is -0.298 e. The van der Waals surface area contributed by atoms with E-state index >= 15 is 0 Å². The molecule has 1 saturated carbocycles. The molecule has 0 unspecified atom stereocenters. The Morgan fingerprint density at radius 1 is 1.04 bits per heavy atom. The van der Waals surface area contributed by atoms with Crippen LogP contribution in [-0.4, -0.2) is 51.8 Å². The molecule has 2 fully saturated rings. The van der Waals surface area contributed by atoms with Crippen LogP contribution in [-0.2, 0) is 6.67 Å². The summed E-state index contributed by atoms with van der Waals surface area (Å²) >= 11 is 0. The summed E-state index contributed by atoms with van der Waals surface area (Å²) in [5.41, 5.74) is 0.948. The molecule has 0 radical (unpaired) electrons. The van der Waals surface area contributed by atoms with Crippen LogP contribution in [0.3, 0.4) is 0 Å². The van der Waals surface area contributed by atoms with Crippen molar-refractivity contribution >= 4 is 10.8 Å². The number of nitrogens with zero attached hydrogens (tertiary/aromatic N) is 4. The van der Waals surface area contributed by atoms with Crippen molar-refractivity contribution in [2.75, 3.05) is 26.2 Å². The minimum atomic E-state index is 0.0226. The van der Waals surface area contributed by atoms with Crippen molar-refractivity contribution in [2.24, 2.45) is 0 Å². The molecule has 0 atom stereocenters. The van der Waals surface area contributed by atoms with Crippen LogP contribution in [0.1, 0.15) is 31.4 Å². The standard InChI is InChI=1S/C19H26N4O/c1-15-17-8-4-5-9-18(17)19(24)23(20-15)14-21-10-12-22(13-11-21)16-6-2-3-7-16/h4-5,8-9,16H,2-3,6-7,10-14H2,1H3. The second kappa shape index (κ2) is 6.65. The third kappa shape index (κ3) is 2.98. The fourth-order valence-corrected chi connectivity index (χ4v) is 4.23. The molecule has 1 aromatic carbocycles. The topological polar surface area (TPSA) is 41.4 Å². The van der Waals surface area contributed by atoms with Crippen molar-refractivity contribution in [2.45, 2.75) is 45.3 Å². The first-order chi connectivity index (χ1) is 11.7. The van der Waals surface area contributed by atoms with Crippen LogP contribution < -0.4 is 5.56 Å². The van der Waals surface area contributed by atoms with Gasteiger partial charge >= 0.3 is 0 Å². The fraction of sp³-hybridized carbons (Fsp3) is 0.579. The van der Waals surface area contributed by atoms with E-state index in [0.717, 1.165) is 48.7 Å². The van der Waals surface area contributed by atoms with Gasteiger partial charge in [0, 0.05) is 37.6 Å². The van der Waals surface area contributed by atoms with Crippen LogP contribution in [0.2, 0.25) is 0 Å². The van der Waals surface area contributed by atoms with Gasteiger partial charge in [0.15, 0.2) is 0 Å². The van der Waals surface area contributed by atoms with Gasteiger partial charge in [0.1, 0.15) is 0 Å². The van der Waals surface area contributed by atoms with Gasteiger partial charge < -0.3 is 0 Å². The molecule has 5 heteroatoms. The summed E-state index contributed by atoms with van der Waals surface area (Å²) in [7, 11) is 0. The van der Waals surface area contributed by atoms with E-state index in [1.165, 1.54) is 25.7 Å². The van der Waals surface area contributed by atoms with E-state index in [9.17, 15) is 4.79 Å². The van der Waals surface area contributed by atoms with Gasteiger partial charge in [-0.1, -0.05) is 31.0 Å². The molecule has 1 aromatic heterocycles. The van der Waals surface area contributed by atoms with Gasteiger partial charge in [-0.25, -0.2) is 4.68 Å². The van der Waals surface area contributed by atoms with Crippen molar-refractivity contribution < 1.29 is 0 Å². The first kappa shape index (κ1) is 15.8. The van der Waals surface area contributed by atoms with E-state index < -0.39 is 0 Å². The molecular weight excluding hydrogens is 300 g/mol. The lowest BCUT2D eigenvalue weighted by atomic mass is 10.1. The zero-order chi connectivity index (χ0) is 16.5. The molecule has 4 rings (SSSR count). The molecule has 24 heavy (non-hydrogen) atoms. The minimum absolute atomic E-state index is 0.0226. The number of hydrogen-bond acceptors (Lipinski definition) is 4. The van der Waals surface area contributed by atoms with Crippen LogP contribution >= 0.6 is 0 Å². The lowest BCUT2D eigenvalue weighted by Gasteiger charge is -2.37. The molecule has 0 bridgehead atoms. The van der Waals surface area contributed by atoms with Crippen LogP contribution in [0.5, 0.6) is 0 Å². The van der Waals surface area contributed by atoms with Crippen molar-refractivity contribution in [1.82, 2.24) is 19.6 Å². The molecule has 1 aliphatic heterocycles. The van der Waals surface area contributed by atoms with Crippen LogP contribution in [0.4, 0.5) is 0 Å². The van der Waals surface area contributed by atoms with Gasteiger partial charge in [0.25, 0.3) is 5.56 Å². The van der Waals surface area contributed by atoms with Gasteiger partial charge in [-0.3, -0.25) is 14.6 Å². The normalized spacial score (nSPS) is 20.9. The first-order valence-electron chi connectivity index (χ1n) is 9.15. The third-order valence-electron chi connectivity index (χ3n) is 5.63. The highest BCUT2D eigenvalue weighted by molar-refractivity contribution is 5.83. The number of aryl methyl sites for hydroxylation is 1. The second-order valence-electron chi connectivity index (χ2n) is 7.17. The summed E-state index contributed by atoms with van der Waals surface area (Å²) in [6.45, 7) is 6.87. The van der Waals surface area contributed by atoms with E-state index in [1.54, 1.807) is 4.68 Å². The van der Waals surface area contributed by atoms with Crippen molar-refractivity contribution in [3.05, 3.63) is 40.3 Å². The third-order valence-corrected chi connectivity index (χ3v) is 5.63. The Hall–Kier alpha value is -1.72. The average Bonchev–Trinajstić information content (AvgIpc) is 3.15. The Kier molecular flexibility index (Phi) is 4.37. The van der Waals surface area contributed by atoms with Crippen LogP contribution in [0.15, 0.2) is 29.1 Å². The summed E-state index contributed by atoms with van der Waals surface area (Å²) in [5, 5.41) is 6.28. The first-order valence-corrected chi connectivity index (χ1v) is 9.15. The van der Waals surface area contributed by atoms with E-state index in [0.29, 0.717) is 6.67 Å². The van der Waals surface area contributed by atoms with Gasteiger partial charge in [-0.15, -0.1) is 0 Å². The van der Waals surface area contributed by atoms with E-state index in [1.807, 2.05) is 31.2 Å². The number of rotatable bonds is 3. The highest BCUT2D eigenvalue weighted by atomic mass is 16.1. The van der Waals surface area contributed by atoms with Crippen molar-refractivity contribution in [1.29, 1.82) is 0 Å². The fourth-order valence-electron chi connectivity index (χ4n) is 4.23. The number of benzene rings is 1. The van der Waals surface area contributed by atoms with Gasteiger partial charge in [0.05, 0.1) is 17.7 Å². The number of aromatic nitrogens is 2. The Morgan fingerprint density at radius 3 is 2.42 bits per heavy atom. The van der Waals surface area contributed by atoms with E-state index in [4.69, 9.17) is 0 Å². The Labute approximate surface area is 142 Å². The quantitative estimate of drug-likeness (QED) is 0.867. The summed E-state index contributed by atoms with van der Waals surface area (Å²) in [6.07, 6.45) is 5.51. The lowest BCUT2D eigenvalue weighted by molar-refractivity contribution is 0.0749. The maximum absolute atomic E-state index is 12.7. The largest absolute Gasteiger partial charge is 0.298 e. The molecule has 1 aliphatic carbocycles. The maximum atomic E-state index is 12.7. The molecule has 0 amide bonds.